The standard InChI is InChI=1S/C14H21N3O2/c1-4-9-16-14(18)11(3)19-13-6-5-10(2)17-12(13)7-8-15/h4-6,11H,1,7-9,15H2,2-3H3,(H,16,18). The normalized spacial score (nSPS) is 11.7. The van der Waals surface area contributed by atoms with Crippen molar-refractivity contribution in [2.45, 2.75) is 26.4 Å². The Kier molecular flexibility index (Phi) is 6.02. The molecule has 0 fully saturated rings. The average molecular weight is 263 g/mol. The highest BCUT2D eigenvalue weighted by Crippen LogP contribution is 2.18. The molecule has 0 aliphatic rings. The third-order valence-electron chi connectivity index (χ3n) is 2.55. The predicted molar refractivity (Wildman–Crippen MR) is 75.0 cm³/mol. The van der Waals surface area contributed by atoms with Crippen LogP contribution in [0, 0.1) is 6.92 Å². The third kappa shape index (κ3) is 4.71. The molecule has 1 aromatic heterocycles. The van der Waals surface area contributed by atoms with E-state index in [4.69, 9.17) is 10.5 Å². The number of rotatable bonds is 7. The monoisotopic (exact) mass is 263 g/mol. The first kappa shape index (κ1) is 15.2. The van der Waals surface area contributed by atoms with Crippen LogP contribution in [0.4, 0.5) is 0 Å². The van der Waals surface area contributed by atoms with Crippen molar-refractivity contribution in [2.24, 2.45) is 5.73 Å². The summed E-state index contributed by atoms with van der Waals surface area (Å²) in [7, 11) is 0. The number of pyridine rings is 1. The summed E-state index contributed by atoms with van der Waals surface area (Å²) in [5.74, 6) is 0.427. The molecule has 0 aliphatic carbocycles. The molecule has 0 aromatic carbocycles. The first-order chi connectivity index (χ1) is 9.08. The number of amides is 1. The van der Waals surface area contributed by atoms with Crippen LogP contribution in [0.15, 0.2) is 24.8 Å². The lowest BCUT2D eigenvalue weighted by Crippen LogP contribution is -2.36. The molecular formula is C14H21N3O2. The number of nitrogens with one attached hydrogen (secondary N) is 1. The molecule has 0 saturated heterocycles. The minimum atomic E-state index is -0.582. The van der Waals surface area contributed by atoms with E-state index in [0.29, 0.717) is 25.3 Å². The molecule has 1 atom stereocenters. The molecule has 0 aliphatic heterocycles. The van der Waals surface area contributed by atoms with Crippen LogP contribution in [0.25, 0.3) is 0 Å². The quantitative estimate of drug-likeness (QED) is 0.718. The van der Waals surface area contributed by atoms with Gasteiger partial charge in [0.25, 0.3) is 5.91 Å². The summed E-state index contributed by atoms with van der Waals surface area (Å²) in [6, 6.07) is 3.67. The van der Waals surface area contributed by atoms with Crippen molar-refractivity contribution >= 4 is 5.91 Å². The minimum absolute atomic E-state index is 0.181. The zero-order valence-electron chi connectivity index (χ0n) is 11.5. The van der Waals surface area contributed by atoms with Crippen molar-refractivity contribution in [1.29, 1.82) is 0 Å². The number of carbonyl (C=O) groups excluding carboxylic acids is 1. The van der Waals surface area contributed by atoms with Crippen molar-refractivity contribution in [3.63, 3.8) is 0 Å². The Morgan fingerprint density at radius 3 is 3.00 bits per heavy atom. The Bertz CT molecular complexity index is 446. The molecule has 104 valence electrons. The van der Waals surface area contributed by atoms with Crippen LogP contribution < -0.4 is 15.8 Å². The largest absolute Gasteiger partial charge is 0.479 e. The zero-order chi connectivity index (χ0) is 14.3. The van der Waals surface area contributed by atoms with Crippen LogP contribution in [0.3, 0.4) is 0 Å². The fourth-order valence-corrected chi connectivity index (χ4v) is 1.58. The topological polar surface area (TPSA) is 77.2 Å². The van der Waals surface area contributed by atoms with Gasteiger partial charge in [-0.15, -0.1) is 6.58 Å². The number of hydrogen-bond acceptors (Lipinski definition) is 4. The maximum Gasteiger partial charge on any atom is 0.261 e. The Labute approximate surface area is 113 Å². The molecule has 5 heteroatoms. The van der Waals surface area contributed by atoms with Gasteiger partial charge in [0.05, 0.1) is 5.69 Å². The molecule has 19 heavy (non-hydrogen) atoms. The number of carbonyl (C=O) groups is 1. The molecule has 0 spiro atoms. The van der Waals surface area contributed by atoms with Crippen LogP contribution in [0.1, 0.15) is 18.3 Å². The van der Waals surface area contributed by atoms with Gasteiger partial charge in [-0.1, -0.05) is 6.08 Å². The van der Waals surface area contributed by atoms with Crippen molar-refractivity contribution < 1.29 is 9.53 Å². The highest BCUT2D eigenvalue weighted by atomic mass is 16.5. The number of ether oxygens (including phenoxy) is 1. The van der Waals surface area contributed by atoms with Crippen LogP contribution in [-0.4, -0.2) is 30.1 Å². The molecule has 3 N–H and O–H groups in total. The van der Waals surface area contributed by atoms with E-state index < -0.39 is 6.10 Å². The van der Waals surface area contributed by atoms with Gasteiger partial charge in [0.1, 0.15) is 5.75 Å². The third-order valence-corrected chi connectivity index (χ3v) is 2.55. The predicted octanol–water partition coefficient (Wildman–Crippen LogP) is 0.961. The van der Waals surface area contributed by atoms with E-state index in [9.17, 15) is 4.79 Å². The van der Waals surface area contributed by atoms with E-state index in [0.717, 1.165) is 11.4 Å². The summed E-state index contributed by atoms with van der Waals surface area (Å²) in [6.45, 7) is 8.07. The second-order valence-corrected chi connectivity index (χ2v) is 4.23. The molecule has 1 aromatic rings. The number of nitrogens with zero attached hydrogens (tertiary/aromatic N) is 1. The van der Waals surface area contributed by atoms with Gasteiger partial charge < -0.3 is 15.8 Å². The second kappa shape index (κ2) is 7.53. The van der Waals surface area contributed by atoms with E-state index in [1.165, 1.54) is 0 Å². The van der Waals surface area contributed by atoms with Gasteiger partial charge in [0.2, 0.25) is 0 Å². The van der Waals surface area contributed by atoms with E-state index in [1.807, 2.05) is 19.1 Å². The number of nitrogens with two attached hydrogens (primary N) is 1. The second-order valence-electron chi connectivity index (χ2n) is 4.23. The first-order valence-corrected chi connectivity index (χ1v) is 6.30. The number of aryl methyl sites for hydroxylation is 1. The minimum Gasteiger partial charge on any atom is -0.479 e. The van der Waals surface area contributed by atoms with Gasteiger partial charge in [0, 0.05) is 18.7 Å². The average Bonchev–Trinajstić information content (AvgIpc) is 2.39. The molecule has 1 unspecified atom stereocenters. The molecule has 0 radical (unpaired) electrons. The van der Waals surface area contributed by atoms with Gasteiger partial charge in [-0.05, 0) is 32.5 Å². The summed E-state index contributed by atoms with van der Waals surface area (Å²) >= 11 is 0. The van der Waals surface area contributed by atoms with Gasteiger partial charge in [-0.2, -0.15) is 0 Å². The van der Waals surface area contributed by atoms with E-state index >= 15 is 0 Å². The lowest BCUT2D eigenvalue weighted by atomic mass is 10.2. The van der Waals surface area contributed by atoms with Gasteiger partial charge in [-0.3, -0.25) is 9.78 Å². The van der Waals surface area contributed by atoms with E-state index in [2.05, 4.69) is 16.9 Å². The van der Waals surface area contributed by atoms with Gasteiger partial charge in [-0.25, -0.2) is 0 Å². The Morgan fingerprint density at radius 2 is 2.37 bits per heavy atom. The fraction of sp³-hybridized carbons (Fsp3) is 0.429. The lowest BCUT2D eigenvalue weighted by molar-refractivity contribution is -0.127. The van der Waals surface area contributed by atoms with E-state index in [1.54, 1.807) is 13.0 Å². The Balaban J connectivity index is 2.74. The maximum atomic E-state index is 11.7. The van der Waals surface area contributed by atoms with Crippen LogP contribution >= 0.6 is 0 Å². The van der Waals surface area contributed by atoms with Crippen LogP contribution in [0.2, 0.25) is 0 Å². The number of aromatic nitrogens is 1. The lowest BCUT2D eigenvalue weighted by Gasteiger charge is -2.16. The van der Waals surface area contributed by atoms with Crippen molar-refractivity contribution in [1.82, 2.24) is 10.3 Å². The highest BCUT2D eigenvalue weighted by Gasteiger charge is 2.16. The van der Waals surface area contributed by atoms with Gasteiger partial charge in [0.15, 0.2) is 6.10 Å². The van der Waals surface area contributed by atoms with Crippen LogP contribution in [-0.2, 0) is 11.2 Å². The molecular weight excluding hydrogens is 242 g/mol. The van der Waals surface area contributed by atoms with E-state index in [-0.39, 0.29) is 5.91 Å². The molecule has 1 amide bonds. The smallest absolute Gasteiger partial charge is 0.261 e. The van der Waals surface area contributed by atoms with Crippen molar-refractivity contribution in [3.8, 4) is 5.75 Å². The zero-order valence-corrected chi connectivity index (χ0v) is 11.5. The fourth-order valence-electron chi connectivity index (χ4n) is 1.58. The highest BCUT2D eigenvalue weighted by molar-refractivity contribution is 5.80. The number of hydrogen-bond donors (Lipinski definition) is 2. The Hall–Kier alpha value is -1.88. The Morgan fingerprint density at radius 1 is 1.63 bits per heavy atom. The molecule has 0 saturated carbocycles. The van der Waals surface area contributed by atoms with Crippen molar-refractivity contribution in [3.05, 3.63) is 36.2 Å². The molecule has 1 rings (SSSR count). The first-order valence-electron chi connectivity index (χ1n) is 6.30. The summed E-state index contributed by atoms with van der Waals surface area (Å²) in [5, 5.41) is 2.69. The van der Waals surface area contributed by atoms with Crippen molar-refractivity contribution in [2.75, 3.05) is 13.1 Å². The summed E-state index contributed by atoms with van der Waals surface area (Å²) in [6.07, 6.45) is 1.66. The van der Waals surface area contributed by atoms with Gasteiger partial charge >= 0.3 is 0 Å². The summed E-state index contributed by atoms with van der Waals surface area (Å²) in [4.78, 5) is 16.1. The van der Waals surface area contributed by atoms with Crippen LogP contribution in [0.5, 0.6) is 5.75 Å². The molecule has 1 heterocycles. The SMILES string of the molecule is C=CCNC(=O)C(C)Oc1ccc(C)nc1CCN. The molecule has 0 bridgehead atoms. The summed E-state index contributed by atoms with van der Waals surface area (Å²) < 4.78 is 5.65. The molecule has 5 nitrogen and oxygen atoms in total. The summed E-state index contributed by atoms with van der Waals surface area (Å²) in [5.41, 5.74) is 7.24. The maximum absolute atomic E-state index is 11.7.